The van der Waals surface area contributed by atoms with Crippen LogP contribution in [0.4, 0.5) is 0 Å². The van der Waals surface area contributed by atoms with Gasteiger partial charge in [0.1, 0.15) is 5.69 Å². The average molecular weight is 397 g/mol. The molecule has 1 unspecified atom stereocenters. The lowest BCUT2D eigenvalue weighted by Crippen LogP contribution is -2.54. The van der Waals surface area contributed by atoms with E-state index in [-0.39, 0.29) is 46.4 Å². The molecule has 1 amide bonds. The summed E-state index contributed by atoms with van der Waals surface area (Å²) in [4.78, 5) is 27.2. The van der Waals surface area contributed by atoms with Crippen LogP contribution in [0.25, 0.3) is 0 Å². The molecule has 2 bridgehead atoms. The van der Waals surface area contributed by atoms with Crippen LogP contribution in [0, 0.1) is 11.8 Å². The average Bonchev–Trinajstić information content (AvgIpc) is 2.87. The molecule has 1 aliphatic carbocycles. The van der Waals surface area contributed by atoms with Gasteiger partial charge in [-0.25, -0.2) is 12.7 Å². The molecule has 2 fully saturated rings. The van der Waals surface area contributed by atoms with E-state index in [2.05, 4.69) is 10.3 Å². The summed E-state index contributed by atoms with van der Waals surface area (Å²) in [5.41, 5.74) is -0.181. The van der Waals surface area contributed by atoms with Gasteiger partial charge in [-0.15, -0.1) is 0 Å². The van der Waals surface area contributed by atoms with Crippen LogP contribution in [-0.4, -0.2) is 55.6 Å². The lowest BCUT2D eigenvalue weighted by atomic mass is 9.93. The van der Waals surface area contributed by atoms with Gasteiger partial charge in [0.15, 0.2) is 5.75 Å². The zero-order chi connectivity index (χ0) is 19.6. The maximum atomic E-state index is 12.5. The second kappa shape index (κ2) is 8.02. The molecule has 3 atom stereocenters. The normalized spacial score (nSPS) is 25.3. The van der Waals surface area contributed by atoms with E-state index in [9.17, 15) is 18.0 Å². The number of fused-ring (bicyclic) bond motifs is 2. The number of sulfonamides is 1. The van der Waals surface area contributed by atoms with Crippen LogP contribution in [0.15, 0.2) is 17.1 Å². The first kappa shape index (κ1) is 19.9. The van der Waals surface area contributed by atoms with Gasteiger partial charge in [-0.1, -0.05) is 13.3 Å². The molecule has 1 saturated heterocycles. The highest BCUT2D eigenvalue weighted by atomic mass is 32.2. The van der Waals surface area contributed by atoms with Gasteiger partial charge < -0.3 is 15.0 Å². The Bertz CT molecular complexity index is 837. The number of H-pyrrole nitrogens is 1. The fourth-order valence-electron chi connectivity index (χ4n) is 4.08. The Hall–Kier alpha value is -1.87. The maximum Gasteiger partial charge on any atom is 0.268 e. The number of amides is 1. The van der Waals surface area contributed by atoms with Gasteiger partial charge in [0, 0.05) is 31.4 Å². The molecular weight excluding hydrogens is 370 g/mol. The number of hydrogen-bond donors (Lipinski definition) is 2. The van der Waals surface area contributed by atoms with E-state index in [0.29, 0.717) is 19.5 Å². The Labute approximate surface area is 159 Å². The topological polar surface area (TPSA) is 109 Å². The summed E-state index contributed by atoms with van der Waals surface area (Å²) in [6.07, 6.45) is 4.68. The lowest BCUT2D eigenvalue weighted by molar-refractivity contribution is 0.0882. The highest BCUT2D eigenvalue weighted by Gasteiger charge is 2.45. The standard InChI is InChI=1S/C18H27N3O5S/c1-3-4-7-27(24,25)21-10-12-5-6-13(11-21)17(12)20-18(23)14-8-15(22)16(26-2)9-19-14/h8-9,12-13,17H,3-7,10-11H2,1-2H3,(H,19,22)(H,20,23)/t12-,13+,17?. The largest absolute Gasteiger partial charge is 0.491 e. The SMILES string of the molecule is CCCCS(=O)(=O)N1C[C@H]2CC[C@@H](C1)C2NC(=O)c1cc(=O)c(OC)c[nH]1. The van der Waals surface area contributed by atoms with Gasteiger partial charge in [0.2, 0.25) is 15.5 Å². The van der Waals surface area contributed by atoms with E-state index in [1.54, 1.807) is 4.31 Å². The molecule has 8 nitrogen and oxygen atoms in total. The number of methoxy groups -OCH3 is 1. The molecule has 3 rings (SSSR count). The summed E-state index contributed by atoms with van der Waals surface area (Å²) in [5, 5.41) is 3.01. The van der Waals surface area contributed by atoms with E-state index < -0.39 is 10.0 Å². The Balaban J connectivity index is 1.67. The van der Waals surface area contributed by atoms with Gasteiger partial charge in [0.25, 0.3) is 5.91 Å². The number of pyridine rings is 1. The fraction of sp³-hybridized carbons (Fsp3) is 0.667. The molecule has 150 valence electrons. The van der Waals surface area contributed by atoms with Gasteiger partial charge in [-0.3, -0.25) is 9.59 Å². The number of unbranched alkanes of at least 4 members (excludes halogenated alkanes) is 1. The van der Waals surface area contributed by atoms with Crippen molar-refractivity contribution in [3.05, 3.63) is 28.2 Å². The van der Waals surface area contributed by atoms with Crippen LogP contribution < -0.4 is 15.5 Å². The van der Waals surface area contributed by atoms with Crippen LogP contribution in [0.5, 0.6) is 5.75 Å². The van der Waals surface area contributed by atoms with E-state index >= 15 is 0 Å². The number of carbonyl (C=O) groups excluding carboxylic acids is 1. The minimum atomic E-state index is -3.23. The predicted molar refractivity (Wildman–Crippen MR) is 101 cm³/mol. The number of nitrogens with one attached hydrogen (secondary N) is 2. The van der Waals surface area contributed by atoms with E-state index in [1.807, 2.05) is 6.92 Å². The van der Waals surface area contributed by atoms with Crippen LogP contribution in [0.1, 0.15) is 43.1 Å². The van der Waals surface area contributed by atoms with Gasteiger partial charge in [-0.2, -0.15) is 0 Å². The van der Waals surface area contributed by atoms with E-state index in [0.717, 1.165) is 19.3 Å². The van der Waals surface area contributed by atoms with Crippen molar-refractivity contribution < 1.29 is 17.9 Å². The minimum Gasteiger partial charge on any atom is -0.491 e. The molecule has 27 heavy (non-hydrogen) atoms. The fourth-order valence-corrected chi connectivity index (χ4v) is 5.83. The van der Waals surface area contributed by atoms with Gasteiger partial charge in [-0.05, 0) is 31.1 Å². The smallest absolute Gasteiger partial charge is 0.268 e. The zero-order valence-electron chi connectivity index (χ0n) is 15.7. The molecule has 0 aromatic carbocycles. The number of ether oxygens (including phenoxy) is 1. The number of piperidine rings is 1. The predicted octanol–water partition coefficient (Wildman–Crippen LogP) is 0.954. The number of rotatable bonds is 7. The van der Waals surface area contributed by atoms with E-state index in [1.165, 1.54) is 19.4 Å². The second-order valence-corrected chi connectivity index (χ2v) is 9.45. The van der Waals surface area contributed by atoms with Gasteiger partial charge >= 0.3 is 0 Å². The summed E-state index contributed by atoms with van der Waals surface area (Å²) < 4.78 is 31.5. The second-order valence-electron chi connectivity index (χ2n) is 7.36. The molecule has 2 heterocycles. The molecule has 1 aromatic rings. The monoisotopic (exact) mass is 397 g/mol. The summed E-state index contributed by atoms with van der Waals surface area (Å²) >= 11 is 0. The lowest BCUT2D eigenvalue weighted by Gasteiger charge is -2.37. The van der Waals surface area contributed by atoms with Crippen LogP contribution in [0.3, 0.4) is 0 Å². The van der Waals surface area contributed by atoms with Crippen molar-refractivity contribution in [3.63, 3.8) is 0 Å². The molecule has 1 aliphatic heterocycles. The van der Waals surface area contributed by atoms with Crippen molar-refractivity contribution in [2.75, 3.05) is 26.0 Å². The molecule has 2 N–H and O–H groups in total. The van der Waals surface area contributed by atoms with Crippen molar-refractivity contribution in [2.24, 2.45) is 11.8 Å². The Morgan fingerprint density at radius 2 is 2.00 bits per heavy atom. The quantitative estimate of drug-likeness (QED) is 0.712. The third-order valence-corrected chi connectivity index (χ3v) is 7.48. The first-order valence-electron chi connectivity index (χ1n) is 9.41. The third-order valence-electron chi connectivity index (χ3n) is 5.59. The van der Waals surface area contributed by atoms with Crippen LogP contribution >= 0.6 is 0 Å². The number of aromatic amines is 1. The molecule has 9 heteroatoms. The first-order valence-corrected chi connectivity index (χ1v) is 11.0. The summed E-state index contributed by atoms with van der Waals surface area (Å²) in [5.74, 6) is 0.201. The number of hydrogen-bond acceptors (Lipinski definition) is 5. The Morgan fingerprint density at radius 3 is 2.56 bits per heavy atom. The summed E-state index contributed by atoms with van der Waals surface area (Å²) in [6, 6.07) is 1.15. The Kier molecular flexibility index (Phi) is 5.90. The van der Waals surface area contributed by atoms with Crippen molar-refractivity contribution in [1.29, 1.82) is 0 Å². The van der Waals surface area contributed by atoms with Crippen molar-refractivity contribution in [3.8, 4) is 5.75 Å². The number of nitrogens with zero attached hydrogens (tertiary/aromatic N) is 1. The zero-order valence-corrected chi connectivity index (χ0v) is 16.5. The molecule has 0 spiro atoms. The number of carbonyl (C=O) groups is 1. The van der Waals surface area contributed by atoms with Crippen molar-refractivity contribution >= 4 is 15.9 Å². The first-order chi connectivity index (χ1) is 12.9. The molecular formula is C18H27N3O5S. The highest BCUT2D eigenvalue weighted by molar-refractivity contribution is 7.89. The van der Waals surface area contributed by atoms with Crippen LogP contribution in [-0.2, 0) is 10.0 Å². The summed E-state index contributed by atoms with van der Waals surface area (Å²) in [7, 11) is -1.84. The molecule has 1 saturated carbocycles. The summed E-state index contributed by atoms with van der Waals surface area (Å²) in [6.45, 7) is 2.88. The molecule has 2 aliphatic rings. The van der Waals surface area contributed by atoms with Crippen molar-refractivity contribution in [1.82, 2.24) is 14.6 Å². The van der Waals surface area contributed by atoms with Crippen LogP contribution in [0.2, 0.25) is 0 Å². The minimum absolute atomic E-state index is 0.0688. The third kappa shape index (κ3) is 4.19. The highest BCUT2D eigenvalue weighted by Crippen LogP contribution is 2.38. The number of aromatic nitrogens is 1. The van der Waals surface area contributed by atoms with E-state index in [4.69, 9.17) is 4.74 Å². The Morgan fingerprint density at radius 1 is 1.33 bits per heavy atom. The molecule has 1 aromatic heterocycles. The van der Waals surface area contributed by atoms with Crippen molar-refractivity contribution in [2.45, 2.75) is 38.6 Å². The molecule has 0 radical (unpaired) electrons. The van der Waals surface area contributed by atoms with Gasteiger partial charge in [0.05, 0.1) is 12.9 Å². The maximum absolute atomic E-state index is 12.5.